The summed E-state index contributed by atoms with van der Waals surface area (Å²) in [4.78, 5) is 18.2. The maximum Gasteiger partial charge on any atom is 0.323 e. The second-order valence-corrected chi connectivity index (χ2v) is 7.75. The van der Waals surface area contributed by atoms with Crippen LogP contribution in [0.15, 0.2) is 30.7 Å². The predicted molar refractivity (Wildman–Crippen MR) is 112 cm³/mol. The summed E-state index contributed by atoms with van der Waals surface area (Å²) in [5.74, 6) is 0.657. The number of tetrazole rings is 1. The fraction of sp³-hybridized carbons (Fsp3) is 0.222. The van der Waals surface area contributed by atoms with E-state index in [9.17, 15) is 4.79 Å². The van der Waals surface area contributed by atoms with Crippen molar-refractivity contribution in [2.75, 3.05) is 10.6 Å². The van der Waals surface area contributed by atoms with Crippen molar-refractivity contribution in [1.82, 2.24) is 34.8 Å². The highest BCUT2D eigenvalue weighted by Crippen LogP contribution is 2.46. The number of amides is 2. The monoisotopic (exact) mass is 443 g/mol. The number of anilines is 2. The summed E-state index contributed by atoms with van der Waals surface area (Å²) in [7, 11) is 1.65. The molecule has 10 nitrogen and oxygen atoms in total. The van der Waals surface area contributed by atoms with Crippen molar-refractivity contribution in [2.24, 2.45) is 7.05 Å². The molecule has 0 saturated heterocycles. The van der Waals surface area contributed by atoms with Crippen LogP contribution in [0.5, 0.6) is 0 Å². The third kappa shape index (κ3) is 3.44. The normalized spacial score (nSPS) is 13.6. The molecule has 4 aromatic heterocycles. The molecule has 1 fully saturated rings. The van der Waals surface area contributed by atoms with Gasteiger partial charge in [-0.25, -0.2) is 14.3 Å². The van der Waals surface area contributed by atoms with Gasteiger partial charge in [0.05, 0.1) is 46.4 Å². The number of carbonyl (C=O) groups is 1. The quantitative estimate of drug-likeness (QED) is 0.496. The van der Waals surface area contributed by atoms with Gasteiger partial charge >= 0.3 is 6.03 Å². The van der Waals surface area contributed by atoms with Gasteiger partial charge in [0, 0.05) is 11.8 Å². The van der Waals surface area contributed by atoms with Crippen LogP contribution in [0.25, 0.3) is 17.0 Å². The molecule has 0 atom stereocenters. The SMILES string of the molecule is Cn1nnc(-c2ncc(NC(=O)Nc3cnn4ccc(Cl)c4c3C3CC3)cc2Cl)n1. The van der Waals surface area contributed by atoms with Gasteiger partial charge in [-0.15, -0.1) is 10.2 Å². The number of pyridine rings is 1. The summed E-state index contributed by atoms with van der Waals surface area (Å²) in [6, 6.07) is 2.93. The first kappa shape index (κ1) is 18.8. The number of hydrogen-bond acceptors (Lipinski definition) is 6. The van der Waals surface area contributed by atoms with Gasteiger partial charge in [0.1, 0.15) is 5.69 Å². The Labute approximate surface area is 180 Å². The van der Waals surface area contributed by atoms with E-state index in [1.807, 2.05) is 0 Å². The maximum absolute atomic E-state index is 12.6. The maximum atomic E-state index is 12.6. The van der Waals surface area contributed by atoms with Crippen LogP contribution in [0.2, 0.25) is 10.0 Å². The average molecular weight is 444 g/mol. The summed E-state index contributed by atoms with van der Waals surface area (Å²) in [5.41, 5.74) is 3.25. The van der Waals surface area contributed by atoms with Gasteiger partial charge in [0.15, 0.2) is 0 Å². The van der Waals surface area contributed by atoms with Crippen LogP contribution >= 0.6 is 23.2 Å². The fourth-order valence-electron chi connectivity index (χ4n) is 3.28. The highest BCUT2D eigenvalue weighted by molar-refractivity contribution is 6.34. The van der Waals surface area contributed by atoms with Gasteiger partial charge in [-0.2, -0.15) is 9.90 Å². The molecule has 0 spiro atoms. The molecule has 0 aromatic carbocycles. The summed E-state index contributed by atoms with van der Waals surface area (Å²) in [5, 5.41) is 22.6. The number of urea groups is 1. The molecular weight excluding hydrogens is 429 g/mol. The number of hydrogen-bond donors (Lipinski definition) is 2. The molecular formula is C18H15Cl2N9O. The lowest BCUT2D eigenvalue weighted by molar-refractivity contribution is 0.262. The van der Waals surface area contributed by atoms with E-state index in [0.29, 0.717) is 38.9 Å². The molecule has 0 bridgehead atoms. The largest absolute Gasteiger partial charge is 0.323 e. The van der Waals surface area contributed by atoms with E-state index in [2.05, 4.69) is 36.1 Å². The van der Waals surface area contributed by atoms with E-state index in [0.717, 1.165) is 23.9 Å². The molecule has 0 aliphatic heterocycles. The Morgan fingerprint density at radius 2 is 2.03 bits per heavy atom. The molecule has 2 amide bonds. The third-order valence-electron chi connectivity index (χ3n) is 4.73. The molecule has 1 aliphatic rings. The molecule has 1 saturated carbocycles. The van der Waals surface area contributed by atoms with Crippen molar-refractivity contribution in [3.63, 3.8) is 0 Å². The number of nitrogens with one attached hydrogen (secondary N) is 2. The molecule has 4 heterocycles. The second kappa shape index (κ2) is 7.22. The van der Waals surface area contributed by atoms with Gasteiger partial charge in [0.25, 0.3) is 0 Å². The van der Waals surface area contributed by atoms with E-state index < -0.39 is 6.03 Å². The van der Waals surface area contributed by atoms with Crippen LogP contribution in [0.1, 0.15) is 24.3 Å². The smallest absolute Gasteiger partial charge is 0.306 e. The van der Waals surface area contributed by atoms with E-state index in [4.69, 9.17) is 23.2 Å². The van der Waals surface area contributed by atoms with Crippen molar-refractivity contribution >= 4 is 46.1 Å². The number of nitrogens with zero attached hydrogens (tertiary/aromatic N) is 7. The van der Waals surface area contributed by atoms with Gasteiger partial charge in [-0.1, -0.05) is 23.2 Å². The van der Waals surface area contributed by atoms with E-state index in [1.54, 1.807) is 36.1 Å². The number of aromatic nitrogens is 7. The zero-order valence-electron chi connectivity index (χ0n) is 15.7. The zero-order chi connectivity index (χ0) is 20.8. The lowest BCUT2D eigenvalue weighted by Gasteiger charge is -2.13. The fourth-order valence-corrected chi connectivity index (χ4v) is 3.78. The minimum atomic E-state index is -0.436. The Balaban J connectivity index is 1.37. The Hall–Kier alpha value is -3.24. The first-order chi connectivity index (χ1) is 14.5. The number of fused-ring (bicyclic) bond motifs is 1. The van der Waals surface area contributed by atoms with Crippen molar-refractivity contribution in [3.8, 4) is 11.5 Å². The Bertz CT molecular complexity index is 1280. The van der Waals surface area contributed by atoms with E-state index in [-0.39, 0.29) is 0 Å². The Kier molecular flexibility index (Phi) is 4.52. The lowest BCUT2D eigenvalue weighted by atomic mass is 10.1. The standard InChI is InChI=1S/C18H15Cl2N9O/c1-28-26-17(25-27-28)15-12(20)6-10(7-21-15)23-18(30)24-13-8-22-29-5-4-11(19)16(29)14(13)9-2-3-9/h4-9H,2-3H2,1H3,(H2,23,24,30). The summed E-state index contributed by atoms with van der Waals surface area (Å²) < 4.78 is 1.72. The summed E-state index contributed by atoms with van der Waals surface area (Å²) >= 11 is 12.6. The van der Waals surface area contributed by atoms with Gasteiger partial charge in [0.2, 0.25) is 5.82 Å². The predicted octanol–water partition coefficient (Wildman–Crippen LogP) is 3.75. The molecule has 0 unspecified atom stereocenters. The van der Waals surface area contributed by atoms with Crippen molar-refractivity contribution in [2.45, 2.75) is 18.8 Å². The third-order valence-corrected chi connectivity index (χ3v) is 5.32. The number of aryl methyl sites for hydroxylation is 1. The van der Waals surface area contributed by atoms with Crippen molar-refractivity contribution < 1.29 is 4.79 Å². The minimum absolute atomic E-state index is 0.294. The minimum Gasteiger partial charge on any atom is -0.306 e. The highest BCUT2D eigenvalue weighted by atomic mass is 35.5. The second-order valence-electron chi connectivity index (χ2n) is 6.94. The van der Waals surface area contributed by atoms with E-state index >= 15 is 0 Å². The highest BCUT2D eigenvalue weighted by Gasteiger charge is 2.30. The summed E-state index contributed by atoms with van der Waals surface area (Å²) in [6.45, 7) is 0. The number of rotatable bonds is 4. The van der Waals surface area contributed by atoms with Crippen molar-refractivity contribution in [1.29, 1.82) is 0 Å². The lowest BCUT2D eigenvalue weighted by Crippen LogP contribution is -2.21. The zero-order valence-corrected chi connectivity index (χ0v) is 17.2. The molecule has 2 N–H and O–H groups in total. The van der Waals surface area contributed by atoms with Gasteiger partial charge in [-0.3, -0.25) is 0 Å². The molecule has 30 heavy (non-hydrogen) atoms. The van der Waals surface area contributed by atoms with Gasteiger partial charge in [-0.05, 0) is 36.1 Å². The molecule has 0 radical (unpaired) electrons. The van der Waals surface area contributed by atoms with Crippen LogP contribution in [0, 0.1) is 0 Å². The number of halogens is 2. The Morgan fingerprint density at radius 3 is 2.73 bits per heavy atom. The van der Waals surface area contributed by atoms with Crippen LogP contribution < -0.4 is 10.6 Å². The molecule has 1 aliphatic carbocycles. The van der Waals surface area contributed by atoms with Crippen molar-refractivity contribution in [3.05, 3.63) is 46.3 Å². The Morgan fingerprint density at radius 1 is 1.20 bits per heavy atom. The molecule has 12 heteroatoms. The first-order valence-corrected chi connectivity index (χ1v) is 9.89. The molecule has 152 valence electrons. The average Bonchev–Trinajstić information content (AvgIpc) is 3.35. The van der Waals surface area contributed by atoms with Crippen LogP contribution in [-0.2, 0) is 7.05 Å². The molecule has 5 rings (SSSR count). The van der Waals surface area contributed by atoms with Crippen LogP contribution in [0.4, 0.5) is 16.2 Å². The summed E-state index contributed by atoms with van der Waals surface area (Å²) in [6.07, 6.45) is 7.01. The van der Waals surface area contributed by atoms with Crippen LogP contribution in [-0.4, -0.2) is 40.8 Å². The molecule has 4 aromatic rings. The first-order valence-electron chi connectivity index (χ1n) is 9.13. The van der Waals surface area contributed by atoms with Crippen LogP contribution in [0.3, 0.4) is 0 Å². The van der Waals surface area contributed by atoms with E-state index in [1.165, 1.54) is 11.0 Å². The topological polar surface area (TPSA) is 115 Å². The van der Waals surface area contributed by atoms with Gasteiger partial charge < -0.3 is 10.6 Å². The number of carbonyl (C=O) groups excluding carboxylic acids is 1.